The van der Waals surface area contributed by atoms with E-state index in [-0.39, 0.29) is 17.6 Å². The minimum atomic E-state index is -0.155. The summed E-state index contributed by atoms with van der Waals surface area (Å²) in [4.78, 5) is 34.6. The van der Waals surface area contributed by atoms with Gasteiger partial charge in [-0.2, -0.15) is 0 Å². The van der Waals surface area contributed by atoms with Gasteiger partial charge in [-0.1, -0.05) is 48.2 Å². The van der Waals surface area contributed by atoms with Crippen LogP contribution in [0.2, 0.25) is 0 Å². The van der Waals surface area contributed by atoms with Crippen LogP contribution < -0.4 is 10.6 Å². The number of carbonyl (C=O) groups excluding carboxylic acids is 2. The summed E-state index contributed by atoms with van der Waals surface area (Å²) in [5.41, 5.74) is 3.32. The second-order valence-electron chi connectivity index (χ2n) is 7.54. The Morgan fingerprint density at radius 3 is 2.72 bits per heavy atom. The fourth-order valence-electron chi connectivity index (χ4n) is 3.35. The van der Waals surface area contributed by atoms with Crippen molar-refractivity contribution in [2.75, 3.05) is 11.1 Å². The van der Waals surface area contributed by atoms with Crippen molar-refractivity contribution in [2.45, 2.75) is 23.9 Å². The van der Waals surface area contributed by atoms with Gasteiger partial charge in [0.05, 0.1) is 11.1 Å². The second kappa shape index (κ2) is 9.10. The lowest BCUT2D eigenvalue weighted by Crippen LogP contribution is -2.25. The average Bonchev–Trinajstić information content (AvgIpc) is 3.53. The molecule has 6 nitrogen and oxygen atoms in total. The Balaban J connectivity index is 1.28. The number of hydrogen-bond acceptors (Lipinski definition) is 6. The number of carbonyl (C=O) groups is 2. The number of amides is 2. The highest BCUT2D eigenvalue weighted by Gasteiger charge is 2.24. The molecule has 0 radical (unpaired) electrons. The zero-order valence-corrected chi connectivity index (χ0v) is 18.7. The van der Waals surface area contributed by atoms with Gasteiger partial charge in [-0.25, -0.2) is 9.97 Å². The van der Waals surface area contributed by atoms with E-state index in [0.29, 0.717) is 17.3 Å². The summed E-state index contributed by atoms with van der Waals surface area (Å²) in [6, 6.07) is 17.4. The zero-order valence-electron chi connectivity index (χ0n) is 17.1. The van der Waals surface area contributed by atoms with Crippen LogP contribution in [0.5, 0.6) is 0 Å². The van der Waals surface area contributed by atoms with E-state index in [1.165, 1.54) is 18.1 Å². The molecule has 1 saturated carbocycles. The maximum Gasteiger partial charge on any atom is 0.251 e. The number of aromatic nitrogens is 2. The van der Waals surface area contributed by atoms with Crippen LogP contribution in [0.3, 0.4) is 0 Å². The van der Waals surface area contributed by atoms with Gasteiger partial charge in [0, 0.05) is 28.2 Å². The first-order valence-corrected chi connectivity index (χ1v) is 12.1. The normalized spacial score (nSPS) is 13.1. The number of benzene rings is 2. The van der Waals surface area contributed by atoms with Crippen molar-refractivity contribution in [1.29, 1.82) is 0 Å². The van der Waals surface area contributed by atoms with Gasteiger partial charge in [0.2, 0.25) is 5.91 Å². The van der Waals surface area contributed by atoms with Crippen LogP contribution in [0.25, 0.3) is 21.3 Å². The highest BCUT2D eigenvalue weighted by Crippen LogP contribution is 2.37. The van der Waals surface area contributed by atoms with E-state index in [4.69, 9.17) is 0 Å². The molecule has 1 aliphatic carbocycles. The van der Waals surface area contributed by atoms with E-state index in [1.807, 2.05) is 18.2 Å². The zero-order chi connectivity index (χ0) is 21.9. The molecule has 32 heavy (non-hydrogen) atoms. The van der Waals surface area contributed by atoms with Crippen molar-refractivity contribution < 1.29 is 9.59 Å². The summed E-state index contributed by atoms with van der Waals surface area (Å²) in [5, 5.41) is 9.68. The summed E-state index contributed by atoms with van der Waals surface area (Å²) in [6.07, 6.45) is 3.60. The number of thioether (sulfide) groups is 1. The predicted octanol–water partition coefficient (Wildman–Crippen LogP) is 4.98. The average molecular weight is 461 g/mol. The van der Waals surface area contributed by atoms with E-state index in [0.717, 1.165) is 39.2 Å². The summed E-state index contributed by atoms with van der Waals surface area (Å²) in [7, 11) is 0. The lowest BCUT2D eigenvalue weighted by molar-refractivity contribution is -0.113. The molecule has 0 unspecified atom stereocenters. The summed E-state index contributed by atoms with van der Waals surface area (Å²) < 4.78 is 0. The van der Waals surface area contributed by atoms with E-state index in [2.05, 4.69) is 38.1 Å². The van der Waals surface area contributed by atoms with Gasteiger partial charge >= 0.3 is 0 Å². The fraction of sp³-hybridized carbons (Fsp3) is 0.167. The molecule has 2 aromatic carbocycles. The topological polar surface area (TPSA) is 84.0 Å². The number of nitrogens with one attached hydrogen (secondary N) is 2. The Morgan fingerprint density at radius 2 is 1.91 bits per heavy atom. The Hall–Kier alpha value is -3.23. The molecule has 0 saturated heterocycles. The molecule has 0 atom stereocenters. The van der Waals surface area contributed by atoms with Crippen LogP contribution in [0.1, 0.15) is 23.2 Å². The summed E-state index contributed by atoms with van der Waals surface area (Å²) in [5.74, 6) is -0.0560. The van der Waals surface area contributed by atoms with Crippen molar-refractivity contribution in [3.05, 3.63) is 71.9 Å². The third kappa shape index (κ3) is 4.66. The molecule has 5 rings (SSSR count). The van der Waals surface area contributed by atoms with Crippen LogP contribution in [0.4, 0.5) is 5.69 Å². The van der Waals surface area contributed by atoms with Crippen molar-refractivity contribution in [2.24, 2.45) is 0 Å². The third-order valence-electron chi connectivity index (χ3n) is 5.08. The Bertz CT molecular complexity index is 1290. The molecule has 0 bridgehead atoms. The first kappa shape index (κ1) is 20.7. The molecular formula is C24H20N4O2S2. The molecule has 8 heteroatoms. The van der Waals surface area contributed by atoms with E-state index >= 15 is 0 Å². The highest BCUT2D eigenvalue weighted by atomic mass is 32.2. The van der Waals surface area contributed by atoms with Crippen LogP contribution in [0.15, 0.2) is 71.3 Å². The fourth-order valence-corrected chi connectivity index (χ4v) is 5.15. The van der Waals surface area contributed by atoms with Crippen molar-refractivity contribution in [3.63, 3.8) is 0 Å². The Morgan fingerprint density at radius 1 is 1.06 bits per heavy atom. The minimum Gasteiger partial charge on any atom is -0.349 e. The maximum absolute atomic E-state index is 12.6. The first-order valence-electron chi connectivity index (χ1n) is 10.3. The van der Waals surface area contributed by atoms with Gasteiger partial charge in [0.15, 0.2) is 0 Å². The number of thiophene rings is 1. The largest absolute Gasteiger partial charge is 0.349 e. The van der Waals surface area contributed by atoms with Gasteiger partial charge in [0.25, 0.3) is 5.91 Å². The molecule has 2 heterocycles. The van der Waals surface area contributed by atoms with Gasteiger partial charge in [-0.3, -0.25) is 9.59 Å². The van der Waals surface area contributed by atoms with Gasteiger partial charge < -0.3 is 10.6 Å². The van der Waals surface area contributed by atoms with Crippen LogP contribution in [0, 0.1) is 0 Å². The molecule has 2 amide bonds. The molecule has 0 spiro atoms. The highest BCUT2D eigenvalue weighted by molar-refractivity contribution is 8.00. The van der Waals surface area contributed by atoms with Crippen molar-refractivity contribution in [1.82, 2.24) is 15.3 Å². The molecule has 2 N–H and O–H groups in total. The number of rotatable bonds is 7. The third-order valence-corrected chi connectivity index (χ3v) is 6.96. The van der Waals surface area contributed by atoms with E-state index in [1.54, 1.807) is 35.6 Å². The first-order chi connectivity index (χ1) is 15.7. The van der Waals surface area contributed by atoms with E-state index in [9.17, 15) is 9.59 Å². The van der Waals surface area contributed by atoms with Crippen LogP contribution in [-0.2, 0) is 4.79 Å². The molecule has 2 aromatic heterocycles. The second-order valence-corrected chi connectivity index (χ2v) is 9.36. The van der Waals surface area contributed by atoms with Crippen LogP contribution in [-0.4, -0.2) is 33.6 Å². The predicted molar refractivity (Wildman–Crippen MR) is 129 cm³/mol. The standard InChI is InChI=1S/C24H20N4O2S2/c29-20(27-18-8-4-7-16(11-18)22(30)28-17-9-10-17)13-32-24-21-19(15-5-2-1-3-6-15)12-31-23(21)25-14-26-24/h1-8,11-12,14,17H,9-10,13H2,(H,27,29)(H,28,30). The Kier molecular flexibility index (Phi) is 5.87. The van der Waals surface area contributed by atoms with Crippen molar-refractivity contribution >= 4 is 50.8 Å². The monoisotopic (exact) mass is 460 g/mol. The lowest BCUT2D eigenvalue weighted by Gasteiger charge is -2.08. The molecule has 160 valence electrons. The summed E-state index contributed by atoms with van der Waals surface area (Å²) in [6.45, 7) is 0. The van der Waals surface area contributed by atoms with Gasteiger partial charge in [0.1, 0.15) is 16.2 Å². The number of fused-ring (bicyclic) bond motifs is 1. The molecule has 1 aliphatic rings. The van der Waals surface area contributed by atoms with Crippen molar-refractivity contribution in [3.8, 4) is 11.1 Å². The maximum atomic E-state index is 12.6. The molecule has 0 aliphatic heterocycles. The van der Waals surface area contributed by atoms with Gasteiger partial charge in [-0.05, 0) is 36.6 Å². The minimum absolute atomic E-state index is 0.104. The molecule has 4 aromatic rings. The smallest absolute Gasteiger partial charge is 0.251 e. The van der Waals surface area contributed by atoms with Gasteiger partial charge in [-0.15, -0.1) is 11.3 Å². The quantitative estimate of drug-likeness (QED) is 0.300. The lowest BCUT2D eigenvalue weighted by atomic mass is 10.1. The van der Waals surface area contributed by atoms with Crippen LogP contribution >= 0.6 is 23.1 Å². The number of hydrogen-bond donors (Lipinski definition) is 2. The molecular weight excluding hydrogens is 440 g/mol. The van der Waals surface area contributed by atoms with E-state index < -0.39 is 0 Å². The summed E-state index contributed by atoms with van der Waals surface area (Å²) >= 11 is 2.95. The number of anilines is 1. The Labute approximate surface area is 193 Å². The molecule has 1 fully saturated rings. The number of nitrogens with zero attached hydrogens (tertiary/aromatic N) is 2. The SMILES string of the molecule is O=C(CSc1ncnc2scc(-c3ccccc3)c12)Nc1cccc(C(=O)NC2CC2)c1.